The zero-order valence-electron chi connectivity index (χ0n) is 15.7. The third-order valence-electron chi connectivity index (χ3n) is 4.46. The van der Waals surface area contributed by atoms with Crippen LogP contribution >= 0.6 is 11.3 Å². The number of benzene rings is 2. The maximum atomic E-state index is 12.8. The van der Waals surface area contributed by atoms with Gasteiger partial charge in [-0.25, -0.2) is 0 Å². The Morgan fingerprint density at radius 2 is 2.00 bits per heavy atom. The second-order valence-electron chi connectivity index (χ2n) is 6.41. The normalized spacial score (nSPS) is 11.9. The number of para-hydroxylation sites is 1. The summed E-state index contributed by atoms with van der Waals surface area (Å²) in [5.41, 5.74) is 1.58. The van der Waals surface area contributed by atoms with Crippen LogP contribution in [0.1, 0.15) is 15.9 Å². The van der Waals surface area contributed by atoms with Crippen LogP contribution in [0.5, 0.6) is 0 Å². The summed E-state index contributed by atoms with van der Waals surface area (Å²) in [7, 11) is 1.30. The van der Waals surface area contributed by atoms with Gasteiger partial charge in [-0.1, -0.05) is 29.5 Å². The molecule has 0 N–H and O–H groups in total. The van der Waals surface area contributed by atoms with Gasteiger partial charge in [-0.3, -0.25) is 14.4 Å². The van der Waals surface area contributed by atoms with E-state index < -0.39 is 17.3 Å². The van der Waals surface area contributed by atoms with Crippen LogP contribution in [0.3, 0.4) is 0 Å². The molecule has 0 aliphatic heterocycles. The van der Waals surface area contributed by atoms with Gasteiger partial charge in [-0.15, -0.1) is 0 Å². The van der Waals surface area contributed by atoms with Gasteiger partial charge in [0.2, 0.25) is 5.43 Å². The third kappa shape index (κ3) is 3.50. The smallest absolute Gasteiger partial charge is 0.325 e. The number of thiazole rings is 1. The molecule has 4 aromatic rings. The van der Waals surface area contributed by atoms with Crippen molar-refractivity contribution in [3.8, 4) is 0 Å². The molecule has 2 aromatic carbocycles. The summed E-state index contributed by atoms with van der Waals surface area (Å²) < 4.78 is 12.6. The van der Waals surface area contributed by atoms with E-state index in [9.17, 15) is 14.4 Å². The van der Waals surface area contributed by atoms with Gasteiger partial charge < -0.3 is 13.7 Å². The van der Waals surface area contributed by atoms with Crippen LogP contribution in [0.4, 0.5) is 0 Å². The van der Waals surface area contributed by atoms with Crippen molar-refractivity contribution in [3.05, 3.63) is 74.9 Å². The molecule has 0 saturated carbocycles. The molecule has 2 aromatic heterocycles. The number of carbonyl (C=O) groups excluding carboxylic acids is 2. The molecule has 8 heteroatoms. The van der Waals surface area contributed by atoms with E-state index in [0.29, 0.717) is 15.8 Å². The topological polar surface area (TPSA) is 90.9 Å². The third-order valence-corrected chi connectivity index (χ3v) is 5.50. The van der Waals surface area contributed by atoms with Crippen molar-refractivity contribution >= 4 is 44.4 Å². The van der Waals surface area contributed by atoms with Gasteiger partial charge in [0, 0.05) is 0 Å². The molecule has 29 heavy (non-hydrogen) atoms. The van der Waals surface area contributed by atoms with E-state index in [1.807, 2.05) is 25.1 Å². The number of ether oxygens (including phenoxy) is 1. The minimum absolute atomic E-state index is 0.0992. The van der Waals surface area contributed by atoms with Crippen molar-refractivity contribution in [2.24, 2.45) is 4.99 Å². The Bertz CT molecular complexity index is 1390. The van der Waals surface area contributed by atoms with Gasteiger partial charge in [-0.2, -0.15) is 4.99 Å². The second kappa shape index (κ2) is 7.48. The molecule has 0 atom stereocenters. The molecule has 0 radical (unpaired) electrons. The van der Waals surface area contributed by atoms with Crippen molar-refractivity contribution < 1.29 is 18.7 Å². The Kier molecular flexibility index (Phi) is 4.85. The zero-order valence-corrected chi connectivity index (χ0v) is 16.5. The highest BCUT2D eigenvalue weighted by atomic mass is 32.1. The first-order valence-corrected chi connectivity index (χ1v) is 9.56. The molecule has 0 unspecified atom stereocenters. The lowest BCUT2D eigenvalue weighted by atomic mass is 10.2. The molecule has 4 rings (SSSR count). The maximum Gasteiger partial charge on any atom is 0.325 e. The summed E-state index contributed by atoms with van der Waals surface area (Å²) in [5, 5.41) is 0.308. The summed E-state index contributed by atoms with van der Waals surface area (Å²) in [6.45, 7) is 1.85. The molecular weight excluding hydrogens is 392 g/mol. The van der Waals surface area contributed by atoms with Gasteiger partial charge >= 0.3 is 5.97 Å². The second-order valence-corrected chi connectivity index (χ2v) is 7.42. The largest absolute Gasteiger partial charge is 0.468 e. The number of rotatable bonds is 3. The SMILES string of the molecule is COC(=O)Cn1c(=NC(=O)c2coc3ccccc3c2=O)sc2cc(C)ccc21. The molecule has 0 saturated heterocycles. The van der Waals surface area contributed by atoms with Crippen molar-refractivity contribution in [1.29, 1.82) is 0 Å². The number of nitrogens with zero attached hydrogens (tertiary/aromatic N) is 2. The fourth-order valence-corrected chi connectivity index (χ4v) is 4.11. The number of aryl methyl sites for hydroxylation is 1. The van der Waals surface area contributed by atoms with E-state index in [4.69, 9.17) is 9.15 Å². The number of hydrogen-bond acceptors (Lipinski definition) is 6. The highest BCUT2D eigenvalue weighted by Crippen LogP contribution is 2.19. The molecule has 1 amide bonds. The average Bonchev–Trinajstić information content (AvgIpc) is 3.04. The number of esters is 1. The molecule has 2 heterocycles. The molecule has 0 aliphatic carbocycles. The molecule has 0 bridgehead atoms. The molecule has 0 aliphatic rings. The van der Waals surface area contributed by atoms with Crippen LogP contribution in [-0.4, -0.2) is 23.6 Å². The Morgan fingerprint density at radius 1 is 1.21 bits per heavy atom. The molecule has 0 fully saturated rings. The fourth-order valence-electron chi connectivity index (χ4n) is 2.98. The van der Waals surface area contributed by atoms with Crippen molar-refractivity contribution in [1.82, 2.24) is 4.57 Å². The number of carbonyl (C=O) groups is 2. The monoisotopic (exact) mass is 408 g/mol. The lowest BCUT2D eigenvalue weighted by Gasteiger charge is -2.04. The summed E-state index contributed by atoms with van der Waals surface area (Å²) in [6.07, 6.45) is 1.12. The van der Waals surface area contributed by atoms with Crippen LogP contribution in [-0.2, 0) is 16.1 Å². The van der Waals surface area contributed by atoms with E-state index in [1.165, 1.54) is 18.4 Å². The van der Waals surface area contributed by atoms with Gasteiger partial charge in [-0.05, 0) is 36.8 Å². The predicted molar refractivity (Wildman–Crippen MR) is 109 cm³/mol. The number of aromatic nitrogens is 1. The van der Waals surface area contributed by atoms with Crippen molar-refractivity contribution in [2.75, 3.05) is 7.11 Å². The highest BCUT2D eigenvalue weighted by molar-refractivity contribution is 7.16. The van der Waals surface area contributed by atoms with Crippen molar-refractivity contribution in [2.45, 2.75) is 13.5 Å². The van der Waals surface area contributed by atoms with E-state index >= 15 is 0 Å². The Morgan fingerprint density at radius 3 is 2.79 bits per heavy atom. The first-order chi connectivity index (χ1) is 14.0. The molecule has 0 spiro atoms. The van der Waals surface area contributed by atoms with Crippen LogP contribution < -0.4 is 10.2 Å². The summed E-state index contributed by atoms with van der Waals surface area (Å²) in [6, 6.07) is 12.4. The minimum Gasteiger partial charge on any atom is -0.468 e. The van der Waals surface area contributed by atoms with Gasteiger partial charge in [0.15, 0.2) is 4.80 Å². The standard InChI is InChI=1S/C21H16N2O5S/c1-12-7-8-15-17(9-12)29-21(23(15)10-18(24)27-2)22-20(26)14-11-28-16-6-4-3-5-13(16)19(14)25/h3-9,11H,10H2,1-2H3. The molecule has 146 valence electrons. The minimum atomic E-state index is -0.730. The highest BCUT2D eigenvalue weighted by Gasteiger charge is 2.16. The van der Waals surface area contributed by atoms with E-state index in [1.54, 1.807) is 28.8 Å². The first kappa shape index (κ1) is 18.8. The number of methoxy groups -OCH3 is 1. The lowest BCUT2D eigenvalue weighted by Crippen LogP contribution is -2.23. The Hall–Kier alpha value is -3.52. The molecular formula is C21H16N2O5S. The van der Waals surface area contributed by atoms with Gasteiger partial charge in [0.1, 0.15) is 24.0 Å². The van der Waals surface area contributed by atoms with Crippen LogP contribution in [0, 0.1) is 6.92 Å². The Balaban J connectivity index is 1.88. The summed E-state index contributed by atoms with van der Waals surface area (Å²) in [4.78, 5) is 41.7. The number of hydrogen-bond donors (Lipinski definition) is 0. The van der Waals surface area contributed by atoms with Gasteiger partial charge in [0.25, 0.3) is 5.91 Å². The fraction of sp³-hybridized carbons (Fsp3) is 0.143. The average molecular weight is 408 g/mol. The quantitative estimate of drug-likeness (QED) is 0.486. The maximum absolute atomic E-state index is 12.8. The van der Waals surface area contributed by atoms with Crippen molar-refractivity contribution in [3.63, 3.8) is 0 Å². The summed E-state index contributed by atoms with van der Waals surface area (Å²) >= 11 is 1.26. The first-order valence-electron chi connectivity index (χ1n) is 8.74. The predicted octanol–water partition coefficient (Wildman–Crippen LogP) is 3.03. The van der Waals surface area contributed by atoms with E-state index in [0.717, 1.165) is 22.0 Å². The zero-order chi connectivity index (χ0) is 20.5. The number of fused-ring (bicyclic) bond motifs is 2. The summed E-state index contributed by atoms with van der Waals surface area (Å²) in [5.74, 6) is -1.20. The number of amides is 1. The van der Waals surface area contributed by atoms with E-state index in [2.05, 4.69) is 4.99 Å². The Labute approximate surface area is 168 Å². The lowest BCUT2D eigenvalue weighted by molar-refractivity contribution is -0.141. The van der Waals surface area contributed by atoms with Gasteiger partial charge in [0.05, 0.1) is 22.7 Å². The van der Waals surface area contributed by atoms with Crippen LogP contribution in [0.2, 0.25) is 0 Å². The van der Waals surface area contributed by atoms with E-state index in [-0.39, 0.29) is 12.1 Å². The van der Waals surface area contributed by atoms with Crippen LogP contribution in [0.25, 0.3) is 21.2 Å². The molecule has 7 nitrogen and oxygen atoms in total. The van der Waals surface area contributed by atoms with Crippen LogP contribution in [0.15, 0.2) is 62.9 Å².